The molecule has 0 spiro atoms. The lowest BCUT2D eigenvalue weighted by Gasteiger charge is -2.16. The quantitative estimate of drug-likeness (QED) is 0.833. The summed E-state index contributed by atoms with van der Waals surface area (Å²) in [6.07, 6.45) is -0.0725. The monoisotopic (exact) mass is 247 g/mol. The molecule has 3 heteroatoms. The summed E-state index contributed by atoms with van der Waals surface area (Å²) in [6.45, 7) is 9.36. The second-order valence-electron chi connectivity index (χ2n) is 5.72. The van der Waals surface area contributed by atoms with E-state index in [9.17, 15) is 9.59 Å². The normalized spacial score (nSPS) is 11.2. The summed E-state index contributed by atoms with van der Waals surface area (Å²) < 4.78 is 0. The van der Waals surface area contributed by atoms with E-state index in [1.54, 1.807) is 0 Å². The van der Waals surface area contributed by atoms with Crippen molar-refractivity contribution in [3.05, 3.63) is 29.3 Å². The molecule has 1 aromatic carbocycles. The fraction of sp³-hybridized carbons (Fsp3) is 0.467. The lowest BCUT2D eigenvalue weighted by Crippen LogP contribution is -2.26. The van der Waals surface area contributed by atoms with Crippen LogP contribution in [0.1, 0.15) is 38.3 Å². The lowest BCUT2D eigenvalue weighted by molar-refractivity contribution is -0.130. The Morgan fingerprint density at radius 2 is 1.78 bits per heavy atom. The molecular formula is C15H21NO2. The Kier molecular flexibility index (Phi) is 4.28. The summed E-state index contributed by atoms with van der Waals surface area (Å²) in [5, 5.41) is 2.79. The summed E-state index contributed by atoms with van der Waals surface area (Å²) in [4.78, 5) is 23.6. The van der Waals surface area contributed by atoms with Gasteiger partial charge in [0, 0.05) is 11.1 Å². The Hall–Kier alpha value is -1.64. The molecule has 0 unspecified atom stereocenters. The first-order chi connectivity index (χ1) is 8.20. The average molecular weight is 247 g/mol. The molecule has 0 aliphatic carbocycles. The van der Waals surface area contributed by atoms with E-state index in [0.717, 1.165) is 16.8 Å². The highest BCUT2D eigenvalue weighted by Crippen LogP contribution is 2.19. The van der Waals surface area contributed by atoms with Gasteiger partial charge in [-0.3, -0.25) is 9.59 Å². The molecule has 0 fully saturated rings. The van der Waals surface area contributed by atoms with E-state index in [1.807, 2.05) is 52.8 Å². The van der Waals surface area contributed by atoms with Crippen LogP contribution in [0.2, 0.25) is 0 Å². The molecule has 1 aromatic rings. The van der Waals surface area contributed by atoms with Crippen LogP contribution in [0.15, 0.2) is 18.2 Å². The Bertz CT molecular complexity index is 470. The van der Waals surface area contributed by atoms with Crippen LogP contribution in [-0.2, 0) is 9.59 Å². The lowest BCUT2D eigenvalue weighted by atomic mass is 9.89. The minimum atomic E-state index is -0.473. The number of nitrogens with one attached hydrogen (secondary N) is 1. The molecule has 3 nitrogen and oxygen atoms in total. The topological polar surface area (TPSA) is 46.2 Å². The predicted molar refractivity (Wildman–Crippen MR) is 73.6 cm³/mol. The third-order valence-electron chi connectivity index (χ3n) is 2.82. The van der Waals surface area contributed by atoms with Crippen molar-refractivity contribution < 1.29 is 9.59 Å². The third-order valence-corrected chi connectivity index (χ3v) is 2.82. The minimum absolute atomic E-state index is 0.0506. The maximum absolute atomic E-state index is 11.8. The zero-order chi connectivity index (χ0) is 13.9. The number of hydrogen-bond acceptors (Lipinski definition) is 2. The SMILES string of the molecule is Cc1ccc(C)c(NC(=O)CC(=O)C(C)(C)C)c1. The summed E-state index contributed by atoms with van der Waals surface area (Å²) >= 11 is 0. The molecule has 1 amide bonds. The first-order valence-electron chi connectivity index (χ1n) is 6.10. The fourth-order valence-corrected chi connectivity index (χ4v) is 1.48. The second-order valence-corrected chi connectivity index (χ2v) is 5.72. The van der Waals surface area contributed by atoms with Gasteiger partial charge in [0.1, 0.15) is 5.78 Å². The highest BCUT2D eigenvalue weighted by Gasteiger charge is 2.23. The zero-order valence-electron chi connectivity index (χ0n) is 11.8. The zero-order valence-corrected chi connectivity index (χ0v) is 11.8. The number of ketones is 1. The van der Waals surface area contributed by atoms with Crippen molar-refractivity contribution in [1.82, 2.24) is 0 Å². The van der Waals surface area contributed by atoms with Crippen LogP contribution in [0.25, 0.3) is 0 Å². The standard InChI is InChI=1S/C15H21NO2/c1-10-6-7-11(2)12(8-10)16-14(18)9-13(17)15(3,4)5/h6-8H,9H2,1-5H3,(H,16,18). The molecule has 0 aliphatic heterocycles. The number of rotatable bonds is 3. The maximum atomic E-state index is 11.8. The van der Waals surface area contributed by atoms with E-state index in [1.165, 1.54) is 0 Å². The average Bonchev–Trinajstić information content (AvgIpc) is 2.22. The van der Waals surface area contributed by atoms with E-state index < -0.39 is 5.41 Å². The van der Waals surface area contributed by atoms with Crippen molar-refractivity contribution >= 4 is 17.4 Å². The Labute approximate surface area is 109 Å². The van der Waals surface area contributed by atoms with Crippen molar-refractivity contribution in [2.75, 3.05) is 5.32 Å². The van der Waals surface area contributed by atoms with Crippen molar-refractivity contribution in [2.24, 2.45) is 5.41 Å². The second kappa shape index (κ2) is 5.34. The summed E-state index contributed by atoms with van der Waals surface area (Å²) in [5.74, 6) is -0.297. The van der Waals surface area contributed by atoms with Crippen molar-refractivity contribution in [3.8, 4) is 0 Å². The van der Waals surface area contributed by atoms with Gasteiger partial charge in [0.05, 0.1) is 6.42 Å². The maximum Gasteiger partial charge on any atom is 0.231 e. The molecule has 0 heterocycles. The molecule has 0 saturated heterocycles. The molecule has 98 valence electrons. The predicted octanol–water partition coefficient (Wildman–Crippen LogP) is 3.25. The van der Waals surface area contributed by atoms with Gasteiger partial charge in [-0.1, -0.05) is 32.9 Å². The van der Waals surface area contributed by atoms with Crippen LogP contribution in [0.4, 0.5) is 5.69 Å². The Morgan fingerprint density at radius 3 is 2.33 bits per heavy atom. The third kappa shape index (κ3) is 3.99. The first kappa shape index (κ1) is 14.4. The largest absolute Gasteiger partial charge is 0.325 e. The minimum Gasteiger partial charge on any atom is -0.325 e. The van der Waals surface area contributed by atoms with Crippen molar-refractivity contribution in [2.45, 2.75) is 41.0 Å². The number of hydrogen-bond donors (Lipinski definition) is 1. The molecule has 0 radical (unpaired) electrons. The first-order valence-corrected chi connectivity index (χ1v) is 6.10. The molecular weight excluding hydrogens is 226 g/mol. The molecule has 0 atom stereocenters. The van der Waals surface area contributed by atoms with E-state index in [4.69, 9.17) is 0 Å². The van der Waals surface area contributed by atoms with E-state index in [2.05, 4.69) is 5.32 Å². The molecule has 0 saturated carbocycles. The molecule has 0 aromatic heterocycles. The van der Waals surface area contributed by atoms with Gasteiger partial charge in [0.2, 0.25) is 5.91 Å². The number of benzene rings is 1. The highest BCUT2D eigenvalue weighted by molar-refractivity contribution is 6.06. The number of carbonyl (C=O) groups excluding carboxylic acids is 2. The van der Waals surface area contributed by atoms with Gasteiger partial charge < -0.3 is 5.32 Å². The summed E-state index contributed by atoms with van der Waals surface area (Å²) in [6, 6.07) is 5.86. The molecule has 1 rings (SSSR count). The van der Waals surface area contributed by atoms with Gasteiger partial charge in [0.25, 0.3) is 0 Å². The van der Waals surface area contributed by atoms with Crippen LogP contribution in [0, 0.1) is 19.3 Å². The fourth-order valence-electron chi connectivity index (χ4n) is 1.48. The van der Waals surface area contributed by atoms with Crippen molar-refractivity contribution in [1.29, 1.82) is 0 Å². The smallest absolute Gasteiger partial charge is 0.231 e. The van der Waals surface area contributed by atoms with Crippen LogP contribution in [0.3, 0.4) is 0 Å². The number of Topliss-reactive ketones (excluding diaryl/α,β-unsaturated/α-hetero) is 1. The van der Waals surface area contributed by atoms with Crippen molar-refractivity contribution in [3.63, 3.8) is 0 Å². The van der Waals surface area contributed by atoms with E-state index in [-0.39, 0.29) is 18.1 Å². The summed E-state index contributed by atoms with van der Waals surface area (Å²) in [7, 11) is 0. The van der Waals surface area contributed by atoms with Crippen LogP contribution >= 0.6 is 0 Å². The molecule has 0 aliphatic rings. The van der Waals surface area contributed by atoms with Gasteiger partial charge in [-0.2, -0.15) is 0 Å². The van der Waals surface area contributed by atoms with E-state index in [0.29, 0.717) is 0 Å². The number of anilines is 1. The van der Waals surface area contributed by atoms with Gasteiger partial charge in [-0.25, -0.2) is 0 Å². The van der Waals surface area contributed by atoms with Gasteiger partial charge >= 0.3 is 0 Å². The number of amides is 1. The molecule has 0 bridgehead atoms. The molecule has 18 heavy (non-hydrogen) atoms. The number of aryl methyl sites for hydroxylation is 2. The van der Waals surface area contributed by atoms with E-state index >= 15 is 0 Å². The Morgan fingerprint density at radius 1 is 1.17 bits per heavy atom. The van der Waals surface area contributed by atoms with Gasteiger partial charge in [-0.05, 0) is 31.0 Å². The van der Waals surface area contributed by atoms with Gasteiger partial charge in [-0.15, -0.1) is 0 Å². The van der Waals surface area contributed by atoms with Crippen LogP contribution < -0.4 is 5.32 Å². The van der Waals surface area contributed by atoms with Gasteiger partial charge in [0.15, 0.2) is 0 Å². The van der Waals surface area contributed by atoms with Crippen LogP contribution in [-0.4, -0.2) is 11.7 Å². The summed E-state index contributed by atoms with van der Waals surface area (Å²) in [5.41, 5.74) is 2.39. The number of carbonyl (C=O) groups is 2. The highest BCUT2D eigenvalue weighted by atomic mass is 16.2. The molecule has 1 N–H and O–H groups in total. The van der Waals surface area contributed by atoms with Crippen LogP contribution in [0.5, 0.6) is 0 Å². The Balaban J connectivity index is 2.71.